The molecule has 0 atom stereocenters. The average Bonchev–Trinajstić information content (AvgIpc) is 1.99. The summed E-state index contributed by atoms with van der Waals surface area (Å²) >= 11 is -0.931. The maximum absolute atomic E-state index is 12.2. The normalized spacial score (nSPS) is 8.08. The summed E-state index contributed by atoms with van der Waals surface area (Å²) in [6.45, 7) is 1.71. The molecule has 0 heterocycles. The Morgan fingerprint density at radius 3 is 2.00 bits per heavy atom. The van der Waals surface area contributed by atoms with E-state index in [0.29, 0.717) is 0 Å². The molecular weight excluding hydrogens is 258 g/mol. The summed E-state index contributed by atoms with van der Waals surface area (Å²) < 4.78 is 24.3. The predicted molar refractivity (Wildman–Crippen MR) is 42.8 cm³/mol. The summed E-state index contributed by atoms with van der Waals surface area (Å²) in [6.07, 6.45) is 0. The Bertz CT molecular complexity index is 243. The van der Waals surface area contributed by atoms with Crippen LogP contribution < -0.4 is 0 Å². The van der Waals surface area contributed by atoms with Crippen LogP contribution in [0.2, 0.25) is 0 Å². The molecule has 0 saturated heterocycles. The van der Waals surface area contributed by atoms with E-state index in [1.165, 1.54) is 6.07 Å². The molecule has 64 valence electrons. The van der Waals surface area contributed by atoms with Gasteiger partial charge in [-0.25, -0.2) is 8.78 Å². The van der Waals surface area contributed by atoms with E-state index in [1.807, 2.05) is 0 Å². The van der Waals surface area contributed by atoms with Crippen LogP contribution in [0.1, 0.15) is 5.56 Å². The van der Waals surface area contributed by atoms with Gasteiger partial charge in [-0.05, 0) is 24.6 Å². The monoisotopic (exact) mass is 262 g/mol. The quantitative estimate of drug-likeness (QED) is 0.627. The van der Waals surface area contributed by atoms with Gasteiger partial charge in [0, 0.05) is 0 Å². The molecular formula is C7H6Cl2F2Zn. The van der Waals surface area contributed by atoms with Crippen LogP contribution in [0, 0.1) is 18.6 Å². The van der Waals surface area contributed by atoms with Gasteiger partial charge >= 0.3 is 34.5 Å². The molecule has 0 nitrogen and oxygen atoms in total. The molecule has 0 saturated carbocycles. The van der Waals surface area contributed by atoms with Crippen LogP contribution in [0.15, 0.2) is 18.2 Å². The Morgan fingerprint density at radius 1 is 1.17 bits per heavy atom. The molecule has 0 bridgehead atoms. The molecule has 0 fully saturated rings. The summed E-state index contributed by atoms with van der Waals surface area (Å²) in [5.74, 6) is -1.57. The summed E-state index contributed by atoms with van der Waals surface area (Å²) in [5.41, 5.74) is 0.730. The van der Waals surface area contributed by atoms with E-state index in [-0.39, 0.29) is 0 Å². The molecule has 0 aliphatic rings. The zero-order valence-corrected chi connectivity index (χ0v) is 10.9. The second-order valence-electron chi connectivity index (χ2n) is 2.02. The molecule has 0 aromatic heterocycles. The van der Waals surface area contributed by atoms with Crippen LogP contribution in [0.3, 0.4) is 0 Å². The molecule has 1 rings (SSSR count). The van der Waals surface area contributed by atoms with Crippen molar-refractivity contribution in [2.75, 3.05) is 0 Å². The topological polar surface area (TPSA) is 0 Å². The Hall–Kier alpha value is 0.283. The van der Waals surface area contributed by atoms with E-state index in [4.69, 9.17) is 19.4 Å². The summed E-state index contributed by atoms with van der Waals surface area (Å²) in [7, 11) is 9.90. The number of hydrogen-bond acceptors (Lipinski definition) is 0. The van der Waals surface area contributed by atoms with Gasteiger partial charge in [-0.3, -0.25) is 0 Å². The van der Waals surface area contributed by atoms with Crippen molar-refractivity contribution in [1.82, 2.24) is 0 Å². The van der Waals surface area contributed by atoms with Crippen molar-refractivity contribution in [3.8, 4) is 0 Å². The maximum atomic E-state index is 12.2. The first kappa shape index (κ1) is 12.3. The van der Waals surface area contributed by atoms with Crippen molar-refractivity contribution >= 4 is 19.4 Å². The van der Waals surface area contributed by atoms with Gasteiger partial charge in [0.15, 0.2) is 11.6 Å². The van der Waals surface area contributed by atoms with Crippen LogP contribution in [0.5, 0.6) is 0 Å². The van der Waals surface area contributed by atoms with Crippen molar-refractivity contribution in [2.45, 2.75) is 6.92 Å². The van der Waals surface area contributed by atoms with Crippen molar-refractivity contribution < 1.29 is 23.9 Å². The van der Waals surface area contributed by atoms with Crippen molar-refractivity contribution in [1.29, 1.82) is 0 Å². The number of hydrogen-bond donors (Lipinski definition) is 0. The number of aryl methyl sites for hydroxylation is 1. The van der Waals surface area contributed by atoms with Gasteiger partial charge in [0.25, 0.3) is 0 Å². The molecule has 0 spiro atoms. The molecule has 0 amide bonds. The Kier molecular flexibility index (Phi) is 6.92. The summed E-state index contributed by atoms with van der Waals surface area (Å²) in [6, 6.07) is 3.80. The molecule has 1 aromatic rings. The van der Waals surface area contributed by atoms with Crippen LogP contribution in [0.4, 0.5) is 8.78 Å². The fourth-order valence-corrected chi connectivity index (χ4v) is 0.601. The van der Waals surface area contributed by atoms with Gasteiger partial charge in [-0.15, -0.1) is 0 Å². The third-order valence-corrected chi connectivity index (χ3v) is 1.08. The fourth-order valence-electron chi connectivity index (χ4n) is 0.601. The Labute approximate surface area is 85.6 Å². The van der Waals surface area contributed by atoms with Crippen molar-refractivity contribution in [3.05, 3.63) is 35.4 Å². The van der Waals surface area contributed by atoms with E-state index < -0.39 is 26.8 Å². The minimum absolute atomic E-state index is 0.730. The summed E-state index contributed by atoms with van der Waals surface area (Å²) in [5, 5.41) is 0. The molecule has 0 unspecified atom stereocenters. The van der Waals surface area contributed by atoms with Crippen molar-refractivity contribution in [2.24, 2.45) is 0 Å². The Balaban J connectivity index is 0.000000354. The van der Waals surface area contributed by atoms with Crippen LogP contribution in [-0.2, 0) is 15.1 Å². The van der Waals surface area contributed by atoms with E-state index in [0.717, 1.165) is 17.7 Å². The van der Waals surface area contributed by atoms with Gasteiger partial charge in [-0.1, -0.05) is 6.07 Å². The van der Waals surface area contributed by atoms with Gasteiger partial charge in [-0.2, -0.15) is 0 Å². The van der Waals surface area contributed by atoms with Gasteiger partial charge in [0.1, 0.15) is 0 Å². The molecule has 5 heteroatoms. The SMILES string of the molecule is Cc1ccc(F)c(F)c1.[Cl][Zn][Cl]. The number of benzene rings is 1. The average molecular weight is 264 g/mol. The second kappa shape index (κ2) is 6.76. The van der Waals surface area contributed by atoms with Crippen LogP contribution >= 0.6 is 19.4 Å². The molecule has 1 aromatic carbocycles. The first-order chi connectivity index (χ1) is 5.61. The number of rotatable bonds is 0. The molecule has 0 aliphatic heterocycles. The first-order valence-electron chi connectivity index (χ1n) is 3.15. The van der Waals surface area contributed by atoms with Crippen LogP contribution in [0.25, 0.3) is 0 Å². The van der Waals surface area contributed by atoms with Crippen molar-refractivity contribution in [3.63, 3.8) is 0 Å². The summed E-state index contributed by atoms with van der Waals surface area (Å²) in [4.78, 5) is 0. The zero-order chi connectivity index (χ0) is 9.56. The zero-order valence-electron chi connectivity index (χ0n) is 6.45. The fraction of sp³-hybridized carbons (Fsp3) is 0.143. The van der Waals surface area contributed by atoms with E-state index in [1.54, 1.807) is 6.92 Å². The van der Waals surface area contributed by atoms with Gasteiger partial charge < -0.3 is 0 Å². The van der Waals surface area contributed by atoms with E-state index in [2.05, 4.69) is 0 Å². The Morgan fingerprint density at radius 2 is 1.67 bits per heavy atom. The third-order valence-electron chi connectivity index (χ3n) is 1.08. The second-order valence-corrected chi connectivity index (χ2v) is 6.64. The molecule has 0 aliphatic carbocycles. The molecule has 0 radical (unpaired) electrons. The predicted octanol–water partition coefficient (Wildman–Crippen LogP) is 3.65. The van der Waals surface area contributed by atoms with Crippen LogP contribution in [-0.4, -0.2) is 0 Å². The number of halogens is 4. The standard InChI is InChI=1S/C7H6F2.2ClH.Zn/c1-5-2-3-6(8)7(9)4-5;;;/h2-4H,1H3;2*1H;/q;;;+2/p-2. The van der Waals surface area contributed by atoms with Gasteiger partial charge in [0.2, 0.25) is 0 Å². The molecule has 0 N–H and O–H groups in total. The first-order valence-corrected chi connectivity index (χ1v) is 10.9. The van der Waals surface area contributed by atoms with E-state index in [9.17, 15) is 8.78 Å². The van der Waals surface area contributed by atoms with E-state index >= 15 is 0 Å². The van der Waals surface area contributed by atoms with Gasteiger partial charge in [0.05, 0.1) is 0 Å². The molecule has 12 heavy (non-hydrogen) atoms. The third kappa shape index (κ3) is 5.02. The minimum atomic E-state index is -0.931.